The molecule has 9 rings (SSSR count). The molecule has 0 aromatic heterocycles. The van der Waals surface area contributed by atoms with E-state index < -0.39 is 0 Å². The topological polar surface area (TPSA) is 0 Å². The van der Waals surface area contributed by atoms with Crippen LogP contribution in [-0.4, -0.2) is 0 Å². The fraction of sp³-hybridized carbons (Fsp3) is 0.200. The SMILES string of the molecule is C.CC.CC.CCC.Cc1ccc(-c2ccc3ccc4c(-c5ccccc5)ccc5ccc2c3c54)cc1.Cc1ccccc1-c1ccc2ccccc2c1C. The molecule has 0 aliphatic rings. The first kappa shape index (κ1) is 42.0. The Morgan fingerprint density at radius 3 is 1.35 bits per heavy atom. The third-order valence-corrected chi connectivity index (χ3v) is 9.75. The Balaban J connectivity index is 0.000000223. The highest BCUT2D eigenvalue weighted by molar-refractivity contribution is 6.27. The first-order valence-corrected chi connectivity index (χ1v) is 19.9. The fourth-order valence-electron chi connectivity index (χ4n) is 7.25. The van der Waals surface area contributed by atoms with Crippen LogP contribution in [0.4, 0.5) is 0 Å². The van der Waals surface area contributed by atoms with Crippen molar-refractivity contribution in [3.05, 3.63) is 180 Å². The van der Waals surface area contributed by atoms with Gasteiger partial charge in [0.1, 0.15) is 0 Å². The van der Waals surface area contributed by atoms with E-state index in [9.17, 15) is 0 Å². The number of rotatable bonds is 3. The van der Waals surface area contributed by atoms with Gasteiger partial charge in [0.2, 0.25) is 0 Å². The normalized spacial score (nSPS) is 10.2. The van der Waals surface area contributed by atoms with Crippen molar-refractivity contribution in [3.8, 4) is 33.4 Å². The average molecular weight is 721 g/mol. The Morgan fingerprint density at radius 2 is 0.782 bits per heavy atom. The van der Waals surface area contributed by atoms with E-state index >= 15 is 0 Å². The van der Waals surface area contributed by atoms with Gasteiger partial charge in [-0.2, -0.15) is 0 Å². The van der Waals surface area contributed by atoms with Crippen molar-refractivity contribution >= 4 is 43.1 Å². The van der Waals surface area contributed by atoms with Gasteiger partial charge in [-0.15, -0.1) is 0 Å². The summed E-state index contributed by atoms with van der Waals surface area (Å²) in [6.45, 7) is 18.8. The van der Waals surface area contributed by atoms with E-state index in [2.05, 4.69) is 198 Å². The summed E-state index contributed by atoms with van der Waals surface area (Å²) in [5.41, 5.74) is 11.8. The lowest BCUT2D eigenvalue weighted by Crippen LogP contribution is -1.89. The van der Waals surface area contributed by atoms with Crippen LogP contribution in [0.2, 0.25) is 0 Å². The molecule has 9 aromatic rings. The molecule has 0 spiro atoms. The maximum Gasteiger partial charge on any atom is -0.00203 e. The van der Waals surface area contributed by atoms with Crippen LogP contribution in [0.3, 0.4) is 0 Å². The standard InChI is InChI=1S/C29H20.C18H16.C3H8.2C2H6.CH4/c1-19-7-9-21(10-8-19)25-16-12-23-13-17-26-24(20-5-3-2-4-6-20)15-11-22-14-18-27(25)29(23)28(22)26;1-13-7-3-5-9-16(13)18-12-11-15-8-4-6-10-17(15)14(18)2;1-3-2;2*1-2;/h2-18H,1H3;3-12H,1-2H3;3H2,1-2H3;2*1-2H3;1H4. The molecule has 0 unspecified atom stereocenters. The van der Waals surface area contributed by atoms with Crippen LogP contribution in [0.25, 0.3) is 76.5 Å². The largest absolute Gasteiger partial charge is 0.0776 e. The summed E-state index contributed by atoms with van der Waals surface area (Å²) in [6.07, 6.45) is 1.25. The van der Waals surface area contributed by atoms with E-state index in [1.165, 1.54) is 99.6 Å². The highest BCUT2D eigenvalue weighted by Crippen LogP contribution is 2.42. The van der Waals surface area contributed by atoms with Crippen molar-refractivity contribution < 1.29 is 0 Å². The highest BCUT2D eigenvalue weighted by atomic mass is 14.2. The minimum Gasteiger partial charge on any atom is -0.0776 e. The van der Waals surface area contributed by atoms with Crippen LogP contribution < -0.4 is 0 Å². The minimum atomic E-state index is 0. The average Bonchev–Trinajstić information content (AvgIpc) is 3.23. The second-order valence-corrected chi connectivity index (χ2v) is 13.4. The predicted molar refractivity (Wildman–Crippen MR) is 250 cm³/mol. The van der Waals surface area contributed by atoms with Crippen molar-refractivity contribution in [2.75, 3.05) is 0 Å². The predicted octanol–water partition coefficient (Wildman–Crippen LogP) is 17.5. The summed E-state index contributed by atoms with van der Waals surface area (Å²) >= 11 is 0. The van der Waals surface area contributed by atoms with Crippen LogP contribution in [0, 0.1) is 20.8 Å². The third kappa shape index (κ3) is 8.98. The molecule has 0 N–H and O–H groups in total. The lowest BCUT2D eigenvalue weighted by atomic mass is 9.87. The molecular formula is C55H60. The van der Waals surface area contributed by atoms with Gasteiger partial charge in [-0.3, -0.25) is 0 Å². The molecule has 0 heterocycles. The van der Waals surface area contributed by atoms with Gasteiger partial charge in [0.15, 0.2) is 0 Å². The summed E-state index contributed by atoms with van der Waals surface area (Å²) in [5, 5.41) is 10.7. The number of hydrogen-bond acceptors (Lipinski definition) is 0. The zero-order chi connectivity index (χ0) is 38.6. The number of aryl methyl sites for hydroxylation is 3. The molecule has 9 aromatic carbocycles. The van der Waals surface area contributed by atoms with Gasteiger partial charge in [0, 0.05) is 0 Å². The molecule has 0 aliphatic heterocycles. The molecule has 0 aliphatic carbocycles. The molecule has 0 radical (unpaired) electrons. The Morgan fingerprint density at radius 1 is 0.345 bits per heavy atom. The van der Waals surface area contributed by atoms with E-state index in [-0.39, 0.29) is 7.43 Å². The summed E-state index contributed by atoms with van der Waals surface area (Å²) in [6, 6.07) is 59.3. The van der Waals surface area contributed by atoms with Crippen LogP contribution in [0.5, 0.6) is 0 Å². The molecular weight excluding hydrogens is 661 g/mol. The van der Waals surface area contributed by atoms with Gasteiger partial charge in [-0.1, -0.05) is 225 Å². The Labute approximate surface area is 331 Å². The first-order chi connectivity index (χ1) is 26.5. The summed E-state index contributed by atoms with van der Waals surface area (Å²) in [5.74, 6) is 0. The van der Waals surface area contributed by atoms with Crippen molar-refractivity contribution in [3.63, 3.8) is 0 Å². The monoisotopic (exact) mass is 720 g/mol. The van der Waals surface area contributed by atoms with E-state index in [0.717, 1.165) is 0 Å². The van der Waals surface area contributed by atoms with E-state index in [1.807, 2.05) is 27.7 Å². The highest BCUT2D eigenvalue weighted by Gasteiger charge is 2.14. The van der Waals surface area contributed by atoms with Crippen LogP contribution in [-0.2, 0) is 0 Å². The first-order valence-electron chi connectivity index (χ1n) is 19.9. The summed E-state index contributed by atoms with van der Waals surface area (Å²) in [4.78, 5) is 0. The third-order valence-electron chi connectivity index (χ3n) is 9.75. The molecule has 0 bridgehead atoms. The van der Waals surface area contributed by atoms with E-state index in [1.54, 1.807) is 0 Å². The number of benzene rings is 9. The van der Waals surface area contributed by atoms with E-state index in [4.69, 9.17) is 0 Å². The zero-order valence-corrected chi connectivity index (χ0v) is 33.8. The van der Waals surface area contributed by atoms with Crippen molar-refractivity contribution in [2.45, 2.75) is 76.2 Å². The molecule has 0 nitrogen and oxygen atoms in total. The quantitative estimate of drug-likeness (QED) is 0.159. The molecule has 0 saturated carbocycles. The Bertz CT molecular complexity index is 2540. The molecule has 0 fully saturated rings. The second-order valence-electron chi connectivity index (χ2n) is 13.4. The van der Waals surface area contributed by atoms with Gasteiger partial charge < -0.3 is 0 Å². The molecule has 0 saturated heterocycles. The molecule has 0 amide bonds. The van der Waals surface area contributed by atoms with Crippen LogP contribution in [0.1, 0.15) is 72.1 Å². The molecule has 0 atom stereocenters. The second kappa shape index (κ2) is 20.1. The Kier molecular flexibility index (Phi) is 15.4. The van der Waals surface area contributed by atoms with Crippen molar-refractivity contribution in [1.82, 2.24) is 0 Å². The van der Waals surface area contributed by atoms with Gasteiger partial charge in [-0.05, 0) is 108 Å². The fourth-order valence-corrected chi connectivity index (χ4v) is 7.25. The van der Waals surface area contributed by atoms with Crippen molar-refractivity contribution in [1.29, 1.82) is 0 Å². The van der Waals surface area contributed by atoms with E-state index in [0.29, 0.717) is 0 Å². The smallest absolute Gasteiger partial charge is 0.00203 e. The lowest BCUT2D eigenvalue weighted by Gasteiger charge is -2.16. The van der Waals surface area contributed by atoms with Crippen molar-refractivity contribution in [2.24, 2.45) is 0 Å². The Hall–Kier alpha value is -5.72. The van der Waals surface area contributed by atoms with Crippen LogP contribution >= 0.6 is 0 Å². The molecule has 0 heteroatoms. The maximum absolute atomic E-state index is 2.29. The molecule has 280 valence electrons. The van der Waals surface area contributed by atoms with Gasteiger partial charge in [0.05, 0.1) is 0 Å². The summed E-state index contributed by atoms with van der Waals surface area (Å²) < 4.78 is 0. The van der Waals surface area contributed by atoms with Crippen LogP contribution in [0.15, 0.2) is 164 Å². The summed E-state index contributed by atoms with van der Waals surface area (Å²) in [7, 11) is 0. The molecule has 55 heavy (non-hydrogen) atoms. The van der Waals surface area contributed by atoms with Gasteiger partial charge >= 0.3 is 0 Å². The zero-order valence-electron chi connectivity index (χ0n) is 33.8. The maximum atomic E-state index is 2.29. The number of hydrogen-bond donors (Lipinski definition) is 0. The minimum absolute atomic E-state index is 0. The van der Waals surface area contributed by atoms with Gasteiger partial charge in [-0.25, -0.2) is 0 Å². The van der Waals surface area contributed by atoms with Gasteiger partial charge in [0.25, 0.3) is 0 Å². The number of fused-ring (bicyclic) bond motifs is 1. The lowest BCUT2D eigenvalue weighted by molar-refractivity contribution is 1.09.